The number of carbonyl (C=O) groups excluding carboxylic acids is 1. The third-order valence-corrected chi connectivity index (χ3v) is 4.41. The summed E-state index contributed by atoms with van der Waals surface area (Å²) in [6.07, 6.45) is 2.20. The van der Waals surface area contributed by atoms with Crippen molar-refractivity contribution in [3.63, 3.8) is 0 Å². The van der Waals surface area contributed by atoms with Crippen molar-refractivity contribution in [1.29, 1.82) is 0 Å². The molecule has 0 saturated carbocycles. The fourth-order valence-corrected chi connectivity index (χ4v) is 2.79. The van der Waals surface area contributed by atoms with Crippen molar-refractivity contribution < 1.29 is 14.8 Å². The van der Waals surface area contributed by atoms with Gasteiger partial charge in [-0.05, 0) is 47.8 Å². The maximum atomic E-state index is 12.3. The zero-order valence-electron chi connectivity index (χ0n) is 15.1. The number of rotatable bonds is 10. The van der Waals surface area contributed by atoms with E-state index in [1.54, 1.807) is 12.1 Å². The molecule has 0 bridgehead atoms. The lowest BCUT2D eigenvalue weighted by molar-refractivity contribution is -0.122. The molecule has 1 heterocycles. The van der Waals surface area contributed by atoms with E-state index < -0.39 is 13.2 Å². The van der Waals surface area contributed by atoms with Crippen LogP contribution in [0.3, 0.4) is 0 Å². The summed E-state index contributed by atoms with van der Waals surface area (Å²) in [4.78, 5) is 12.3. The van der Waals surface area contributed by atoms with Crippen LogP contribution in [0.15, 0.2) is 24.3 Å². The third-order valence-electron chi connectivity index (χ3n) is 4.16. The topological polar surface area (TPSA) is 139 Å². The molecule has 0 aliphatic heterocycles. The van der Waals surface area contributed by atoms with Crippen molar-refractivity contribution in [3.05, 3.63) is 40.7 Å². The van der Waals surface area contributed by atoms with E-state index in [0.29, 0.717) is 36.4 Å². The van der Waals surface area contributed by atoms with Gasteiger partial charge in [0.05, 0.1) is 12.1 Å². The quantitative estimate of drug-likeness (QED) is 0.346. The Morgan fingerprint density at radius 1 is 1.33 bits per heavy atom. The highest BCUT2D eigenvalue weighted by Gasteiger charge is 2.18. The van der Waals surface area contributed by atoms with Gasteiger partial charge in [0.25, 0.3) is 0 Å². The van der Waals surface area contributed by atoms with E-state index in [1.165, 1.54) is 4.68 Å². The van der Waals surface area contributed by atoms with Gasteiger partial charge in [0, 0.05) is 5.02 Å². The van der Waals surface area contributed by atoms with Gasteiger partial charge in [-0.25, -0.2) is 4.68 Å². The number of tetrazole rings is 1. The van der Waals surface area contributed by atoms with Gasteiger partial charge in [0.2, 0.25) is 5.91 Å². The van der Waals surface area contributed by atoms with Crippen LogP contribution in [0.2, 0.25) is 11.3 Å². The Morgan fingerprint density at radius 3 is 2.70 bits per heavy atom. The number of hydrogen-bond acceptors (Lipinski definition) is 7. The van der Waals surface area contributed by atoms with Crippen LogP contribution in [0.25, 0.3) is 0 Å². The summed E-state index contributed by atoms with van der Waals surface area (Å²) in [5.74, 6) is 0.190. The number of hydrogen-bond donors (Lipinski definition) is 4. The standard InChI is InChI=1S/C16H24BClN6O3/c1-11(12-5-7-13(18)8-6-12)20-15(25)10-24-16(21-22-23-24)14(19)4-2-3-9-17(26)27/h5-8,11,14,26-27H,2-4,9-10,19H2,1H3,(H,20,25). The minimum absolute atomic E-state index is 0.0384. The first kappa shape index (κ1) is 21.3. The van der Waals surface area contributed by atoms with Gasteiger partial charge in [0.1, 0.15) is 6.54 Å². The largest absolute Gasteiger partial charge is 0.451 e. The van der Waals surface area contributed by atoms with Crippen LogP contribution in [-0.2, 0) is 11.3 Å². The SMILES string of the molecule is CC(NC(=O)Cn1nnnc1C(N)CCCCB(O)O)c1ccc(Cl)cc1. The minimum atomic E-state index is -1.31. The average molecular weight is 395 g/mol. The Kier molecular flexibility index (Phi) is 8.17. The first-order valence-electron chi connectivity index (χ1n) is 8.79. The monoisotopic (exact) mass is 394 g/mol. The average Bonchev–Trinajstić information content (AvgIpc) is 3.06. The van der Waals surface area contributed by atoms with Gasteiger partial charge < -0.3 is 21.1 Å². The number of unbranched alkanes of at least 4 members (excludes halogenated alkanes) is 1. The highest BCUT2D eigenvalue weighted by molar-refractivity contribution is 6.40. The molecular weight excluding hydrogens is 370 g/mol. The van der Waals surface area contributed by atoms with Crippen molar-refractivity contribution >= 4 is 24.6 Å². The molecule has 9 nitrogen and oxygen atoms in total. The Labute approximate surface area is 163 Å². The molecule has 1 amide bonds. The molecule has 11 heteroatoms. The molecule has 0 radical (unpaired) electrons. The lowest BCUT2D eigenvalue weighted by Gasteiger charge is -2.15. The van der Waals surface area contributed by atoms with Gasteiger partial charge in [-0.1, -0.05) is 36.6 Å². The van der Waals surface area contributed by atoms with Crippen molar-refractivity contribution in [2.75, 3.05) is 0 Å². The lowest BCUT2D eigenvalue weighted by atomic mass is 9.83. The van der Waals surface area contributed by atoms with Gasteiger partial charge >= 0.3 is 7.12 Å². The zero-order valence-corrected chi connectivity index (χ0v) is 15.9. The van der Waals surface area contributed by atoms with Crippen LogP contribution in [-0.4, -0.2) is 43.3 Å². The number of carbonyl (C=O) groups is 1. The summed E-state index contributed by atoms with van der Waals surface area (Å²) in [7, 11) is -1.31. The molecule has 5 N–H and O–H groups in total. The molecule has 2 rings (SSSR count). The Hall–Kier alpha value is -2.01. The maximum absolute atomic E-state index is 12.3. The van der Waals surface area contributed by atoms with Crippen molar-refractivity contribution in [1.82, 2.24) is 25.5 Å². The van der Waals surface area contributed by atoms with Crippen LogP contribution < -0.4 is 11.1 Å². The molecule has 146 valence electrons. The van der Waals surface area contributed by atoms with Crippen molar-refractivity contribution in [2.24, 2.45) is 5.73 Å². The highest BCUT2D eigenvalue weighted by Crippen LogP contribution is 2.17. The van der Waals surface area contributed by atoms with Crippen LogP contribution in [0.4, 0.5) is 0 Å². The smallest absolute Gasteiger partial charge is 0.427 e. The molecule has 2 atom stereocenters. The summed E-state index contributed by atoms with van der Waals surface area (Å²) in [6.45, 7) is 1.84. The van der Waals surface area contributed by atoms with E-state index >= 15 is 0 Å². The molecule has 0 saturated heterocycles. The number of aromatic nitrogens is 4. The first-order valence-corrected chi connectivity index (χ1v) is 9.17. The van der Waals surface area contributed by atoms with Crippen molar-refractivity contribution in [3.8, 4) is 0 Å². The van der Waals surface area contributed by atoms with Gasteiger partial charge in [0.15, 0.2) is 5.82 Å². The van der Waals surface area contributed by atoms with E-state index in [0.717, 1.165) is 5.56 Å². The number of nitrogens with zero attached hydrogens (tertiary/aromatic N) is 4. The second-order valence-corrected chi connectivity index (χ2v) is 6.84. The second kappa shape index (κ2) is 10.4. The van der Waals surface area contributed by atoms with Crippen LogP contribution >= 0.6 is 11.6 Å². The molecule has 0 aliphatic carbocycles. The van der Waals surface area contributed by atoms with Crippen molar-refractivity contribution in [2.45, 2.75) is 51.1 Å². The molecule has 27 heavy (non-hydrogen) atoms. The Bertz CT molecular complexity index is 727. The summed E-state index contributed by atoms with van der Waals surface area (Å²) >= 11 is 5.88. The van der Waals surface area contributed by atoms with E-state index in [2.05, 4.69) is 20.8 Å². The lowest BCUT2D eigenvalue weighted by Crippen LogP contribution is -2.31. The third kappa shape index (κ3) is 6.91. The molecular formula is C16H24BClN6O3. The van der Waals surface area contributed by atoms with E-state index in [-0.39, 0.29) is 18.5 Å². The van der Waals surface area contributed by atoms with E-state index in [1.807, 2.05) is 19.1 Å². The number of nitrogens with two attached hydrogens (primary N) is 1. The molecule has 0 aliphatic rings. The Balaban J connectivity index is 1.87. The fraction of sp³-hybridized carbons (Fsp3) is 0.500. The molecule has 1 aromatic carbocycles. The van der Waals surface area contributed by atoms with Crippen LogP contribution in [0.5, 0.6) is 0 Å². The first-order chi connectivity index (χ1) is 12.9. The van der Waals surface area contributed by atoms with Gasteiger partial charge in [-0.2, -0.15) is 0 Å². The summed E-state index contributed by atoms with van der Waals surface area (Å²) < 4.78 is 1.38. The number of nitrogens with one attached hydrogen (secondary N) is 1. The summed E-state index contributed by atoms with van der Waals surface area (Å²) in [5, 5.41) is 32.6. The predicted molar refractivity (Wildman–Crippen MR) is 102 cm³/mol. The van der Waals surface area contributed by atoms with E-state index in [9.17, 15) is 4.79 Å². The number of halogens is 1. The highest BCUT2D eigenvalue weighted by atomic mass is 35.5. The molecule has 2 aromatic rings. The van der Waals surface area contributed by atoms with Crippen LogP contribution in [0, 0.1) is 0 Å². The minimum Gasteiger partial charge on any atom is -0.427 e. The number of benzene rings is 1. The molecule has 1 aromatic heterocycles. The molecule has 0 fully saturated rings. The predicted octanol–water partition coefficient (Wildman–Crippen LogP) is 0.847. The zero-order chi connectivity index (χ0) is 19.8. The summed E-state index contributed by atoms with van der Waals surface area (Å²) in [6, 6.07) is 6.64. The molecule has 2 unspecified atom stereocenters. The fourth-order valence-electron chi connectivity index (χ4n) is 2.67. The second-order valence-electron chi connectivity index (χ2n) is 6.41. The molecule has 0 spiro atoms. The summed E-state index contributed by atoms with van der Waals surface area (Å²) in [5.41, 5.74) is 7.04. The number of amides is 1. The van der Waals surface area contributed by atoms with Gasteiger partial charge in [-0.3, -0.25) is 4.79 Å². The maximum Gasteiger partial charge on any atom is 0.451 e. The van der Waals surface area contributed by atoms with E-state index in [4.69, 9.17) is 27.4 Å². The normalized spacial score (nSPS) is 13.2. The Morgan fingerprint density at radius 2 is 2.04 bits per heavy atom. The van der Waals surface area contributed by atoms with Gasteiger partial charge in [-0.15, -0.1) is 5.10 Å². The van der Waals surface area contributed by atoms with Crippen LogP contribution in [0.1, 0.15) is 49.7 Å².